The zero-order chi connectivity index (χ0) is 9.31. The van der Waals surface area contributed by atoms with E-state index in [0.717, 1.165) is 11.1 Å². The quantitative estimate of drug-likeness (QED) is 0.550. The Kier molecular flexibility index (Phi) is 2.10. The van der Waals surface area contributed by atoms with Gasteiger partial charge in [0.05, 0.1) is 13.1 Å². The van der Waals surface area contributed by atoms with E-state index in [1.54, 1.807) is 0 Å². The Morgan fingerprint density at radius 1 is 1.31 bits per heavy atom. The first-order chi connectivity index (χ1) is 6.27. The van der Waals surface area contributed by atoms with Gasteiger partial charge in [0.2, 0.25) is 0 Å². The second-order valence-electron chi connectivity index (χ2n) is 3.79. The van der Waals surface area contributed by atoms with E-state index in [4.69, 9.17) is 0 Å². The van der Waals surface area contributed by atoms with Crippen molar-refractivity contribution in [2.75, 3.05) is 13.6 Å². The Labute approximate surface area is 79.7 Å². The number of unbranched alkanes of at least 4 members (excludes halogenated alkanes) is 1. The van der Waals surface area contributed by atoms with Crippen LogP contribution < -0.4 is 10.0 Å². The molecule has 0 radical (unpaired) electrons. The predicted molar refractivity (Wildman–Crippen MR) is 56.7 cm³/mol. The lowest BCUT2D eigenvalue weighted by Crippen LogP contribution is -2.56. The second-order valence-corrected chi connectivity index (χ2v) is 3.79. The molecule has 70 valence electrons. The van der Waals surface area contributed by atoms with Gasteiger partial charge in [-0.1, -0.05) is 19.4 Å². The Bertz CT molecular complexity index is 280. The molecular weight excluding hydrogens is 160 g/mol. The first-order valence-corrected chi connectivity index (χ1v) is 5.00. The van der Waals surface area contributed by atoms with Gasteiger partial charge in [0.15, 0.2) is 11.4 Å². The summed E-state index contributed by atoms with van der Waals surface area (Å²) in [4.78, 5) is 0. The highest BCUT2D eigenvalue weighted by molar-refractivity contribution is 5.70. The molecular formula is C11H17N2+. The lowest BCUT2D eigenvalue weighted by atomic mass is 10.1. The van der Waals surface area contributed by atoms with Gasteiger partial charge in [-0.05, 0) is 6.42 Å². The van der Waals surface area contributed by atoms with Crippen LogP contribution in [0.1, 0.15) is 19.8 Å². The summed E-state index contributed by atoms with van der Waals surface area (Å²) < 4.78 is 0.830. The molecule has 3 rings (SSSR count). The lowest BCUT2D eigenvalue weighted by Gasteiger charge is -2.39. The molecule has 2 nitrogen and oxygen atoms in total. The zero-order valence-corrected chi connectivity index (χ0v) is 8.38. The largest absolute Gasteiger partial charge is 0.184 e. The number of rotatable bonds is 4. The Morgan fingerprint density at radius 3 is 2.54 bits per heavy atom. The standard InChI is InChI=1S/C11H17N2/c1-3-4-8-12-13(2)10-6-5-7-11(13)9-10/h5-7,9,12H,3-4,8H2,1-2H3/q+1. The fourth-order valence-electron chi connectivity index (χ4n) is 1.79. The molecule has 1 aromatic carbocycles. The van der Waals surface area contributed by atoms with Gasteiger partial charge >= 0.3 is 0 Å². The van der Waals surface area contributed by atoms with E-state index >= 15 is 0 Å². The van der Waals surface area contributed by atoms with Gasteiger partial charge in [0.1, 0.15) is 0 Å². The molecule has 0 atom stereocenters. The van der Waals surface area contributed by atoms with E-state index in [2.05, 4.69) is 43.7 Å². The first-order valence-electron chi connectivity index (χ1n) is 5.00. The molecule has 13 heavy (non-hydrogen) atoms. The van der Waals surface area contributed by atoms with Crippen molar-refractivity contribution in [2.45, 2.75) is 19.8 Å². The fourth-order valence-corrected chi connectivity index (χ4v) is 1.79. The first kappa shape index (κ1) is 8.73. The van der Waals surface area contributed by atoms with Crippen LogP contribution in [0, 0.1) is 0 Å². The summed E-state index contributed by atoms with van der Waals surface area (Å²) in [6, 6.07) is 8.70. The summed E-state index contributed by atoms with van der Waals surface area (Å²) >= 11 is 0. The van der Waals surface area contributed by atoms with E-state index in [9.17, 15) is 0 Å². The van der Waals surface area contributed by atoms with Crippen molar-refractivity contribution in [3.8, 4) is 0 Å². The van der Waals surface area contributed by atoms with Gasteiger partial charge in [-0.25, -0.2) is 0 Å². The van der Waals surface area contributed by atoms with E-state index < -0.39 is 0 Å². The molecule has 2 bridgehead atoms. The maximum atomic E-state index is 3.55. The highest BCUT2D eigenvalue weighted by Crippen LogP contribution is 2.41. The van der Waals surface area contributed by atoms with Crippen molar-refractivity contribution in [3.63, 3.8) is 0 Å². The normalized spacial score (nSPS) is 16.8. The number of fused-ring (bicyclic) bond motifs is 2. The molecule has 2 heteroatoms. The molecule has 1 aromatic rings. The minimum Gasteiger partial charge on any atom is -0.184 e. The number of nitrogens with zero attached hydrogens (tertiary/aromatic N) is 1. The zero-order valence-electron chi connectivity index (χ0n) is 8.38. The SMILES string of the molecule is CCCCN[N+]1(C)c2cccc1c2. The monoisotopic (exact) mass is 177 g/mol. The van der Waals surface area contributed by atoms with Crippen molar-refractivity contribution in [3.05, 3.63) is 24.3 Å². The summed E-state index contributed by atoms with van der Waals surface area (Å²) in [5, 5.41) is 0. The average Bonchev–Trinajstić information content (AvgIpc) is 2.19. The number of hydrogen-bond donors (Lipinski definition) is 1. The number of benzene rings is 1. The predicted octanol–water partition coefficient (Wildman–Crippen LogP) is 2.57. The van der Waals surface area contributed by atoms with Gasteiger partial charge in [-0.2, -0.15) is 10.0 Å². The Morgan fingerprint density at radius 2 is 2.00 bits per heavy atom. The van der Waals surface area contributed by atoms with Crippen LogP contribution in [0.15, 0.2) is 24.3 Å². The van der Waals surface area contributed by atoms with Gasteiger partial charge in [-0.3, -0.25) is 0 Å². The molecule has 2 aliphatic heterocycles. The maximum absolute atomic E-state index is 3.55. The molecule has 0 aliphatic carbocycles. The van der Waals surface area contributed by atoms with Crippen LogP contribution in [0.4, 0.5) is 11.4 Å². The summed E-state index contributed by atoms with van der Waals surface area (Å²) in [5.41, 5.74) is 6.29. The third-order valence-electron chi connectivity index (χ3n) is 2.82. The highest BCUT2D eigenvalue weighted by Gasteiger charge is 2.37. The summed E-state index contributed by atoms with van der Waals surface area (Å²) in [5.74, 6) is 0. The summed E-state index contributed by atoms with van der Waals surface area (Å²) in [7, 11) is 2.21. The van der Waals surface area contributed by atoms with Gasteiger partial charge in [0, 0.05) is 18.7 Å². The number of nitrogens with one attached hydrogen (secondary N) is 1. The van der Waals surface area contributed by atoms with Crippen LogP contribution in [0.25, 0.3) is 0 Å². The van der Waals surface area contributed by atoms with Crippen LogP contribution in [-0.4, -0.2) is 13.6 Å². The Hall–Kier alpha value is -0.860. The van der Waals surface area contributed by atoms with Crippen molar-refractivity contribution >= 4 is 11.4 Å². The van der Waals surface area contributed by atoms with Crippen molar-refractivity contribution in [1.82, 2.24) is 10.0 Å². The van der Waals surface area contributed by atoms with E-state index in [0.29, 0.717) is 0 Å². The highest BCUT2D eigenvalue weighted by atomic mass is 15.7. The lowest BCUT2D eigenvalue weighted by molar-refractivity contribution is 0.312. The molecule has 1 N–H and O–H groups in total. The van der Waals surface area contributed by atoms with Gasteiger partial charge in [-0.15, -0.1) is 0 Å². The number of hydrogen-bond acceptors (Lipinski definition) is 1. The third-order valence-corrected chi connectivity index (χ3v) is 2.82. The smallest absolute Gasteiger partial charge is 0.163 e. The minimum absolute atomic E-state index is 0.830. The molecule has 0 amide bonds. The molecule has 2 heterocycles. The van der Waals surface area contributed by atoms with E-state index in [1.807, 2.05) is 0 Å². The number of quaternary nitrogens is 1. The van der Waals surface area contributed by atoms with Crippen molar-refractivity contribution < 1.29 is 0 Å². The topological polar surface area (TPSA) is 12.0 Å². The fraction of sp³-hybridized carbons (Fsp3) is 0.455. The van der Waals surface area contributed by atoms with E-state index in [1.165, 1.54) is 24.2 Å². The summed E-state index contributed by atoms with van der Waals surface area (Å²) in [6.07, 6.45) is 2.50. The van der Waals surface area contributed by atoms with Crippen LogP contribution in [0.3, 0.4) is 0 Å². The molecule has 0 saturated heterocycles. The van der Waals surface area contributed by atoms with Crippen LogP contribution in [0.2, 0.25) is 0 Å². The Balaban J connectivity index is 2.00. The minimum atomic E-state index is 0.830. The molecule has 2 aliphatic rings. The van der Waals surface area contributed by atoms with Crippen LogP contribution in [-0.2, 0) is 0 Å². The molecule has 0 spiro atoms. The molecule has 0 aromatic heterocycles. The van der Waals surface area contributed by atoms with E-state index in [-0.39, 0.29) is 0 Å². The van der Waals surface area contributed by atoms with Crippen LogP contribution in [0.5, 0.6) is 0 Å². The van der Waals surface area contributed by atoms with Gasteiger partial charge < -0.3 is 0 Å². The van der Waals surface area contributed by atoms with Crippen molar-refractivity contribution in [2.24, 2.45) is 0 Å². The third kappa shape index (κ3) is 1.26. The molecule has 0 unspecified atom stereocenters. The molecule has 0 saturated carbocycles. The van der Waals surface area contributed by atoms with Crippen LogP contribution >= 0.6 is 0 Å². The van der Waals surface area contributed by atoms with Crippen molar-refractivity contribution in [1.29, 1.82) is 0 Å². The maximum Gasteiger partial charge on any atom is 0.163 e. The molecule has 0 fully saturated rings. The second kappa shape index (κ2) is 3.13. The van der Waals surface area contributed by atoms with Gasteiger partial charge in [0.25, 0.3) is 0 Å². The summed E-state index contributed by atoms with van der Waals surface area (Å²) in [6.45, 7) is 3.31. The average molecular weight is 177 g/mol.